The predicted octanol–water partition coefficient (Wildman–Crippen LogP) is 2.97. The Morgan fingerprint density at radius 2 is 2.25 bits per heavy atom. The normalized spacial score (nSPS) is 26.3. The minimum atomic E-state index is 0.261. The number of nitrogens with one attached hydrogen (secondary N) is 2. The van der Waals surface area contributed by atoms with Crippen LogP contribution in [0.25, 0.3) is 10.9 Å². The molecule has 2 aromatic rings. The molecule has 0 unspecified atom stereocenters. The summed E-state index contributed by atoms with van der Waals surface area (Å²) in [6, 6.07) is 7.52. The Morgan fingerprint density at radius 3 is 3.00 bits per heavy atom. The Kier molecular flexibility index (Phi) is 4.09. The van der Waals surface area contributed by atoms with E-state index in [0.717, 1.165) is 45.2 Å². The minimum Gasteiger partial charge on any atom is -0.358 e. The van der Waals surface area contributed by atoms with Gasteiger partial charge >= 0.3 is 0 Å². The highest BCUT2D eigenvalue weighted by Crippen LogP contribution is 2.44. The third kappa shape index (κ3) is 2.35. The van der Waals surface area contributed by atoms with Crippen LogP contribution in [0, 0.1) is 0 Å². The lowest BCUT2D eigenvalue weighted by atomic mass is 9.73. The van der Waals surface area contributed by atoms with Crippen molar-refractivity contribution in [2.75, 3.05) is 13.1 Å². The highest BCUT2D eigenvalue weighted by molar-refractivity contribution is 5.89. The number of carbonyl (C=O) groups is 1. The van der Waals surface area contributed by atoms with Crippen molar-refractivity contribution in [3.8, 4) is 0 Å². The average molecular weight is 325 g/mol. The van der Waals surface area contributed by atoms with Crippen LogP contribution < -0.4 is 5.32 Å². The van der Waals surface area contributed by atoms with Crippen LogP contribution in [0.5, 0.6) is 0 Å². The highest BCUT2D eigenvalue weighted by atomic mass is 16.1. The van der Waals surface area contributed by atoms with E-state index in [1.807, 2.05) is 0 Å². The topological polar surface area (TPSA) is 48.1 Å². The minimum absolute atomic E-state index is 0.261. The van der Waals surface area contributed by atoms with Crippen molar-refractivity contribution >= 4 is 17.3 Å². The molecule has 1 fully saturated rings. The number of H-pyrrole nitrogens is 1. The van der Waals surface area contributed by atoms with E-state index in [0.29, 0.717) is 12.0 Å². The molecule has 4 rings (SSSR count). The maximum absolute atomic E-state index is 11.0. The first-order chi connectivity index (χ1) is 11.8. The summed E-state index contributed by atoms with van der Waals surface area (Å²) < 4.78 is 0. The Labute approximate surface area is 143 Å². The number of amides is 1. The second-order valence-corrected chi connectivity index (χ2v) is 7.30. The van der Waals surface area contributed by atoms with Crippen LogP contribution in [0.3, 0.4) is 0 Å². The number of piperidine rings is 1. The number of aromatic nitrogens is 1. The lowest BCUT2D eigenvalue weighted by Crippen LogP contribution is -2.55. The molecular formula is C20H27N3O. The highest BCUT2D eigenvalue weighted by Gasteiger charge is 2.41. The number of rotatable bonds is 5. The third-order valence-electron chi connectivity index (χ3n) is 5.96. The number of benzene rings is 1. The molecule has 0 bridgehead atoms. The standard InChI is InChI=1S/C20H27N3O/c1-3-8-23-11-13(21-12-24)9-15-14-6-5-7-18-20(14)16(10-19(15)23)17(4-2)22-18/h5-7,12-13,15,19,22H,3-4,8-11H2,1-2H3,(H,21,24)/t13-,15+,19+/m0/s1. The summed E-state index contributed by atoms with van der Waals surface area (Å²) in [6.45, 7) is 6.57. The molecular weight excluding hydrogens is 298 g/mol. The number of fused-ring (bicyclic) bond motifs is 2. The van der Waals surface area contributed by atoms with Gasteiger partial charge in [0, 0.05) is 41.1 Å². The molecule has 4 nitrogen and oxygen atoms in total. The average Bonchev–Trinajstić information content (AvgIpc) is 2.96. The van der Waals surface area contributed by atoms with Gasteiger partial charge in [0.1, 0.15) is 0 Å². The summed E-state index contributed by atoms with van der Waals surface area (Å²) in [4.78, 5) is 17.3. The molecule has 1 aliphatic carbocycles. The van der Waals surface area contributed by atoms with Gasteiger partial charge in [-0.2, -0.15) is 0 Å². The van der Waals surface area contributed by atoms with E-state index >= 15 is 0 Å². The zero-order chi connectivity index (χ0) is 16.7. The number of aromatic amines is 1. The van der Waals surface area contributed by atoms with Crippen molar-refractivity contribution in [1.82, 2.24) is 15.2 Å². The molecule has 0 saturated carbocycles. The fourth-order valence-corrected chi connectivity index (χ4v) is 5.02. The van der Waals surface area contributed by atoms with Crippen molar-refractivity contribution in [3.05, 3.63) is 35.0 Å². The van der Waals surface area contributed by atoms with Crippen LogP contribution in [0.1, 0.15) is 49.4 Å². The molecule has 4 heteroatoms. The second-order valence-electron chi connectivity index (χ2n) is 7.30. The van der Waals surface area contributed by atoms with Gasteiger partial charge in [-0.15, -0.1) is 0 Å². The van der Waals surface area contributed by atoms with E-state index < -0.39 is 0 Å². The smallest absolute Gasteiger partial charge is 0.207 e. The van der Waals surface area contributed by atoms with Crippen LogP contribution in [-0.2, 0) is 17.6 Å². The Balaban J connectivity index is 1.81. The Bertz CT molecular complexity index is 751. The van der Waals surface area contributed by atoms with Gasteiger partial charge < -0.3 is 10.3 Å². The molecule has 3 atom stereocenters. The monoisotopic (exact) mass is 325 g/mol. The third-order valence-corrected chi connectivity index (χ3v) is 5.96. The molecule has 128 valence electrons. The van der Waals surface area contributed by atoms with Crippen LogP contribution in [0.2, 0.25) is 0 Å². The fourth-order valence-electron chi connectivity index (χ4n) is 5.02. The van der Waals surface area contributed by atoms with Crippen molar-refractivity contribution < 1.29 is 4.79 Å². The van der Waals surface area contributed by atoms with Gasteiger partial charge in [0.15, 0.2) is 0 Å². The van der Waals surface area contributed by atoms with Gasteiger partial charge in [-0.1, -0.05) is 26.0 Å². The van der Waals surface area contributed by atoms with Gasteiger partial charge in [0.25, 0.3) is 0 Å². The van der Waals surface area contributed by atoms with E-state index in [-0.39, 0.29) is 6.04 Å². The van der Waals surface area contributed by atoms with Gasteiger partial charge in [0.05, 0.1) is 0 Å². The van der Waals surface area contributed by atoms with E-state index in [4.69, 9.17) is 0 Å². The number of nitrogens with zero attached hydrogens (tertiary/aromatic N) is 1. The second kappa shape index (κ2) is 6.25. The lowest BCUT2D eigenvalue weighted by molar-refractivity contribution is -0.110. The lowest BCUT2D eigenvalue weighted by Gasteiger charge is -2.47. The maximum Gasteiger partial charge on any atom is 0.207 e. The van der Waals surface area contributed by atoms with Crippen LogP contribution >= 0.6 is 0 Å². The molecule has 1 aromatic carbocycles. The summed E-state index contributed by atoms with van der Waals surface area (Å²) in [5, 5.41) is 4.51. The number of aryl methyl sites for hydroxylation is 1. The fraction of sp³-hybridized carbons (Fsp3) is 0.550. The summed E-state index contributed by atoms with van der Waals surface area (Å²) in [5.41, 5.74) is 5.70. The first-order valence-corrected chi connectivity index (χ1v) is 9.32. The molecule has 0 spiro atoms. The van der Waals surface area contributed by atoms with Crippen molar-refractivity contribution in [1.29, 1.82) is 0 Å². The molecule has 2 heterocycles. The number of hydrogen-bond donors (Lipinski definition) is 2. The molecule has 1 aliphatic heterocycles. The zero-order valence-electron chi connectivity index (χ0n) is 14.6. The zero-order valence-corrected chi connectivity index (χ0v) is 14.6. The Hall–Kier alpha value is -1.81. The first-order valence-electron chi connectivity index (χ1n) is 9.32. The van der Waals surface area contributed by atoms with Gasteiger partial charge in [0.2, 0.25) is 6.41 Å². The van der Waals surface area contributed by atoms with Crippen molar-refractivity contribution in [3.63, 3.8) is 0 Å². The molecule has 0 radical (unpaired) electrons. The molecule has 2 aliphatic rings. The number of likely N-dealkylation sites (tertiary alicyclic amines) is 1. The molecule has 1 amide bonds. The van der Waals surface area contributed by atoms with Crippen molar-refractivity contribution in [2.45, 2.75) is 57.5 Å². The van der Waals surface area contributed by atoms with E-state index in [2.05, 4.69) is 47.2 Å². The molecule has 1 saturated heterocycles. The van der Waals surface area contributed by atoms with E-state index in [1.54, 1.807) is 0 Å². The molecule has 1 aromatic heterocycles. The quantitative estimate of drug-likeness (QED) is 0.830. The van der Waals surface area contributed by atoms with E-state index in [1.165, 1.54) is 27.7 Å². The maximum atomic E-state index is 11.0. The van der Waals surface area contributed by atoms with Crippen LogP contribution in [0.15, 0.2) is 18.2 Å². The molecule has 24 heavy (non-hydrogen) atoms. The Morgan fingerprint density at radius 1 is 1.38 bits per heavy atom. The van der Waals surface area contributed by atoms with Gasteiger partial charge in [-0.25, -0.2) is 0 Å². The number of hydrogen-bond acceptors (Lipinski definition) is 2. The van der Waals surface area contributed by atoms with Gasteiger partial charge in [-0.3, -0.25) is 9.69 Å². The van der Waals surface area contributed by atoms with Crippen LogP contribution in [0.4, 0.5) is 0 Å². The summed E-state index contributed by atoms with van der Waals surface area (Å²) in [7, 11) is 0. The first kappa shape index (κ1) is 15.7. The van der Waals surface area contributed by atoms with Crippen molar-refractivity contribution in [2.24, 2.45) is 0 Å². The summed E-state index contributed by atoms with van der Waals surface area (Å²) in [6.07, 6.45) is 5.27. The molecule has 2 N–H and O–H groups in total. The van der Waals surface area contributed by atoms with E-state index in [9.17, 15) is 4.79 Å². The van der Waals surface area contributed by atoms with Crippen LogP contribution in [-0.4, -0.2) is 41.5 Å². The largest absolute Gasteiger partial charge is 0.358 e. The summed E-state index contributed by atoms with van der Waals surface area (Å²) >= 11 is 0. The SMILES string of the molecule is CCCN1C[C@@H](NC=O)C[C@@H]2c3cccc4[nH]c(CC)c(c34)C[C@H]21. The van der Waals surface area contributed by atoms with Gasteiger partial charge in [-0.05, 0) is 49.4 Å². The number of carbonyl (C=O) groups excluding carboxylic acids is 1. The predicted molar refractivity (Wildman–Crippen MR) is 97.4 cm³/mol. The summed E-state index contributed by atoms with van der Waals surface area (Å²) in [5.74, 6) is 0.513.